The first kappa shape index (κ1) is 31.8. The molecule has 0 saturated heterocycles. The fourth-order valence-electron chi connectivity index (χ4n) is 1.39. The van der Waals surface area contributed by atoms with Gasteiger partial charge in [-0.2, -0.15) is 0 Å². The Balaban J connectivity index is -0.000000350. The smallest absolute Gasteiger partial charge is 0.330 e. The van der Waals surface area contributed by atoms with E-state index in [2.05, 4.69) is 23.3 Å². The minimum atomic E-state index is -1.16. The summed E-state index contributed by atoms with van der Waals surface area (Å²) in [5.74, 6) is -3.59. The van der Waals surface area contributed by atoms with Crippen LogP contribution in [0.3, 0.4) is 0 Å². The molecule has 29 heavy (non-hydrogen) atoms. The van der Waals surface area contributed by atoms with E-state index in [9.17, 15) is 19.2 Å². The van der Waals surface area contributed by atoms with Gasteiger partial charge in [-0.15, -0.1) is 0 Å². The molecule has 0 heterocycles. The van der Waals surface area contributed by atoms with Crippen LogP contribution in [0.5, 0.6) is 0 Å². The van der Waals surface area contributed by atoms with Crippen LogP contribution in [-0.2, 0) is 28.7 Å². The van der Waals surface area contributed by atoms with Crippen LogP contribution in [0.2, 0.25) is 8.87 Å². The fourth-order valence-corrected chi connectivity index (χ4v) is 5.55. The number of aliphatic carboxylic acids is 2. The quantitative estimate of drug-likeness (QED) is 0.173. The Bertz CT molecular complexity index is 457. The van der Waals surface area contributed by atoms with E-state index in [1.54, 1.807) is 22.7 Å². The van der Waals surface area contributed by atoms with Crippen LogP contribution in [-0.4, -0.2) is 68.4 Å². The molecule has 8 nitrogen and oxygen atoms in total. The molecule has 0 unspecified atom stereocenters. The van der Waals surface area contributed by atoms with Crippen LogP contribution in [0.4, 0.5) is 0 Å². The monoisotopic (exact) mass is 522 g/mol. The van der Waals surface area contributed by atoms with Gasteiger partial charge in [0.05, 0.1) is 13.2 Å². The van der Waals surface area contributed by atoms with Crippen molar-refractivity contribution in [3.63, 3.8) is 0 Å². The summed E-state index contributed by atoms with van der Waals surface area (Å²) in [5, 5.41) is 16.1. The van der Waals surface area contributed by atoms with Crippen molar-refractivity contribution in [2.75, 3.05) is 13.2 Å². The number of carboxylic acids is 2. The molecule has 0 aromatic rings. The van der Waals surface area contributed by atoms with E-state index in [4.69, 9.17) is 10.2 Å². The van der Waals surface area contributed by atoms with E-state index in [-0.39, 0.29) is 34.4 Å². The van der Waals surface area contributed by atoms with Crippen molar-refractivity contribution < 1.29 is 38.9 Å². The molecule has 0 aliphatic rings. The molecule has 2 N–H and O–H groups in total. The Hall–Kier alpha value is -1.84. The summed E-state index contributed by atoms with van der Waals surface area (Å²) >= 11 is 0.149. The van der Waals surface area contributed by atoms with Crippen molar-refractivity contribution in [3.8, 4) is 0 Å². The number of hydrogen-bond donors (Lipinski definition) is 2. The van der Waals surface area contributed by atoms with E-state index in [0.717, 1.165) is 24.3 Å². The SMILES string of the molecule is CCC[CH2][Sn][CH2]CCC.CCOC(=O)/C=C\C(=O)O.CCOC(=O)/C=C\C(=O)O. The van der Waals surface area contributed by atoms with Crippen LogP contribution in [0.25, 0.3) is 0 Å². The number of carbonyl (C=O) groups excluding carboxylic acids is 2. The van der Waals surface area contributed by atoms with Gasteiger partial charge in [0, 0.05) is 24.3 Å². The normalized spacial score (nSPS) is 9.79. The minimum Gasteiger partial charge on any atom is -0.478 e. The van der Waals surface area contributed by atoms with E-state index in [1.807, 2.05) is 0 Å². The Kier molecular flexibility index (Phi) is 28.7. The van der Waals surface area contributed by atoms with Gasteiger partial charge in [0.25, 0.3) is 0 Å². The van der Waals surface area contributed by atoms with Gasteiger partial charge < -0.3 is 19.7 Å². The number of unbranched alkanes of at least 4 members (excludes halogenated alkanes) is 2. The molecule has 0 saturated carbocycles. The first-order chi connectivity index (χ1) is 13.7. The molecule has 0 aliphatic carbocycles. The summed E-state index contributed by atoms with van der Waals surface area (Å²) in [6, 6.07) is 0. The second kappa shape index (κ2) is 26.2. The molecule has 0 rings (SSSR count). The molecule has 166 valence electrons. The van der Waals surface area contributed by atoms with Crippen molar-refractivity contribution in [1.29, 1.82) is 0 Å². The van der Waals surface area contributed by atoms with Gasteiger partial charge in [-0.1, -0.05) is 0 Å². The topological polar surface area (TPSA) is 127 Å². The van der Waals surface area contributed by atoms with Crippen LogP contribution in [0.1, 0.15) is 53.4 Å². The molecule has 0 amide bonds. The summed E-state index contributed by atoms with van der Waals surface area (Å²) in [4.78, 5) is 40.4. The molecule has 0 aromatic heterocycles. The zero-order valence-corrected chi connectivity index (χ0v) is 20.7. The summed E-state index contributed by atoms with van der Waals surface area (Å²) in [5.41, 5.74) is 0. The third kappa shape index (κ3) is 37.6. The Morgan fingerprint density at radius 2 is 1.03 bits per heavy atom. The Labute approximate surface area is 183 Å². The summed E-state index contributed by atoms with van der Waals surface area (Å²) in [6.45, 7) is 8.38. The molecule has 0 aromatic carbocycles. The van der Waals surface area contributed by atoms with Gasteiger partial charge in [-0.05, 0) is 13.8 Å². The number of carbonyl (C=O) groups is 4. The number of esters is 2. The van der Waals surface area contributed by atoms with Crippen molar-refractivity contribution in [1.82, 2.24) is 0 Å². The van der Waals surface area contributed by atoms with Crippen molar-refractivity contribution in [2.45, 2.75) is 62.3 Å². The standard InChI is InChI=1S/2C6H8O4.2C4H9.Sn/c2*1-2-10-6(9)4-3-5(7)8;2*1-3-4-2;/h2*3-4H,2H2,1H3,(H,7,8);2*1,3-4H2,2H3;/b2*4-3-;;;. The zero-order chi connectivity index (χ0) is 22.9. The van der Waals surface area contributed by atoms with Gasteiger partial charge in [-0.3, -0.25) is 0 Å². The van der Waals surface area contributed by atoms with Gasteiger partial charge in [0.15, 0.2) is 0 Å². The molecule has 0 atom stereocenters. The summed E-state index contributed by atoms with van der Waals surface area (Å²) < 4.78 is 12.1. The third-order valence-electron chi connectivity index (χ3n) is 2.71. The van der Waals surface area contributed by atoms with E-state index in [0.29, 0.717) is 0 Å². The average molecular weight is 521 g/mol. The molecule has 0 spiro atoms. The van der Waals surface area contributed by atoms with Gasteiger partial charge in [0.2, 0.25) is 0 Å². The number of ether oxygens (including phenoxy) is 2. The Morgan fingerprint density at radius 1 is 0.690 bits per heavy atom. The summed E-state index contributed by atoms with van der Waals surface area (Å²) in [7, 11) is 0. The second-order valence-corrected chi connectivity index (χ2v) is 9.59. The van der Waals surface area contributed by atoms with E-state index >= 15 is 0 Å². The predicted octanol–water partition coefficient (Wildman–Crippen LogP) is 3.51. The first-order valence-corrected chi connectivity index (χ1v) is 13.6. The van der Waals surface area contributed by atoms with Crippen molar-refractivity contribution in [3.05, 3.63) is 24.3 Å². The molecule has 0 bridgehead atoms. The molecular weight excluding hydrogens is 487 g/mol. The second-order valence-electron chi connectivity index (χ2n) is 5.30. The van der Waals surface area contributed by atoms with E-state index < -0.39 is 23.9 Å². The van der Waals surface area contributed by atoms with Gasteiger partial charge in [0.1, 0.15) is 0 Å². The molecule has 9 heteroatoms. The van der Waals surface area contributed by atoms with Crippen molar-refractivity contribution in [2.24, 2.45) is 0 Å². The van der Waals surface area contributed by atoms with Crippen LogP contribution in [0.15, 0.2) is 24.3 Å². The zero-order valence-electron chi connectivity index (χ0n) is 17.8. The first-order valence-electron chi connectivity index (χ1n) is 9.61. The molecule has 0 fully saturated rings. The largest absolute Gasteiger partial charge is 0.478 e. The van der Waals surface area contributed by atoms with Crippen LogP contribution >= 0.6 is 0 Å². The minimum absolute atomic E-state index is 0.149. The van der Waals surface area contributed by atoms with Gasteiger partial charge >= 0.3 is 93.4 Å². The third-order valence-corrected chi connectivity index (χ3v) is 6.75. The Morgan fingerprint density at radius 3 is 1.28 bits per heavy atom. The number of rotatable bonds is 12. The average Bonchev–Trinajstić information content (AvgIpc) is 2.66. The number of hydrogen-bond acceptors (Lipinski definition) is 6. The van der Waals surface area contributed by atoms with Crippen molar-refractivity contribution >= 4 is 45.0 Å². The maximum absolute atomic E-state index is 10.4. The summed E-state index contributed by atoms with van der Waals surface area (Å²) in [6.07, 6.45) is 9.04. The number of carboxylic acid groups (broad SMARTS) is 2. The van der Waals surface area contributed by atoms with Crippen LogP contribution < -0.4 is 0 Å². The molecular formula is C20H34O8Sn. The maximum atomic E-state index is 10.4. The van der Waals surface area contributed by atoms with Gasteiger partial charge in [-0.25, -0.2) is 19.2 Å². The molecule has 2 radical (unpaired) electrons. The maximum Gasteiger partial charge on any atom is 0.330 e. The van der Waals surface area contributed by atoms with E-state index in [1.165, 1.54) is 25.7 Å². The fraction of sp³-hybridized carbons (Fsp3) is 0.600. The predicted molar refractivity (Wildman–Crippen MR) is 112 cm³/mol. The molecule has 0 aliphatic heterocycles. The van der Waals surface area contributed by atoms with Crippen LogP contribution in [0, 0.1) is 0 Å².